The molecule has 4 rings (SSSR count). The van der Waals surface area contributed by atoms with Crippen LogP contribution in [-0.2, 0) is 0 Å². The van der Waals surface area contributed by atoms with E-state index >= 15 is 0 Å². The Morgan fingerprint density at radius 2 is 1.24 bits per heavy atom. The predicted molar refractivity (Wildman–Crippen MR) is 153 cm³/mol. The summed E-state index contributed by atoms with van der Waals surface area (Å²) in [6, 6.07) is 4.29. The van der Waals surface area contributed by atoms with E-state index in [2.05, 4.69) is 20.4 Å². The van der Waals surface area contributed by atoms with E-state index in [1.807, 2.05) is 14.1 Å². The highest BCUT2D eigenvalue weighted by atomic mass is 19.1. The number of nitro benzene ring substituents is 1. The average Bonchev–Trinajstić information content (AvgIpc) is 2.95. The van der Waals surface area contributed by atoms with Crippen molar-refractivity contribution in [3.63, 3.8) is 0 Å². The third kappa shape index (κ3) is 8.49. The Kier molecular flexibility index (Phi) is 11.4. The number of ether oxygens (including phenoxy) is 2. The zero-order valence-electron chi connectivity index (χ0n) is 24.2. The van der Waals surface area contributed by atoms with Crippen molar-refractivity contribution in [3.8, 4) is 11.5 Å². The smallest absolute Gasteiger partial charge is 0.313 e. The largest absolute Gasteiger partial charge is 0.495 e. The molecule has 0 atom stereocenters. The summed E-state index contributed by atoms with van der Waals surface area (Å²) in [6.07, 6.45) is 3.31. The van der Waals surface area contributed by atoms with Crippen LogP contribution in [-0.4, -0.2) is 93.1 Å². The summed E-state index contributed by atoms with van der Waals surface area (Å²) < 4.78 is 37.7. The second kappa shape index (κ2) is 14.7. The minimum atomic E-state index is -0.932. The van der Waals surface area contributed by atoms with E-state index in [0.717, 1.165) is 64.0 Å². The normalized spacial score (nSPS) is 16.6. The van der Waals surface area contributed by atoms with Crippen molar-refractivity contribution in [2.75, 3.05) is 60.2 Å². The number of likely N-dealkylation sites (tertiary alicyclic amines) is 2. The van der Waals surface area contributed by atoms with E-state index in [1.54, 1.807) is 0 Å². The lowest BCUT2D eigenvalue weighted by molar-refractivity contribution is -0.385. The molecule has 12 nitrogen and oxygen atoms in total. The molecule has 0 unspecified atom stereocenters. The maximum Gasteiger partial charge on any atom is 0.313 e. The number of carbonyl (C=O) groups excluding carboxylic acids is 2. The van der Waals surface area contributed by atoms with Gasteiger partial charge < -0.3 is 35.6 Å². The Hall–Kier alpha value is -4.04. The van der Waals surface area contributed by atoms with Gasteiger partial charge in [0.05, 0.1) is 42.0 Å². The van der Waals surface area contributed by atoms with E-state index in [9.17, 15) is 28.5 Å². The molecule has 2 saturated heterocycles. The first-order valence-corrected chi connectivity index (χ1v) is 13.6. The molecular weight excluding hydrogens is 554 g/mol. The fourth-order valence-electron chi connectivity index (χ4n) is 4.77. The topological polar surface area (TPSA) is 152 Å². The highest BCUT2D eigenvalue weighted by Gasteiger charge is 2.25. The average molecular weight is 593 g/mol. The lowest BCUT2D eigenvalue weighted by Gasteiger charge is -2.29. The minimum absolute atomic E-state index is 0.0238. The molecular formula is C28H38F2N6O6. The molecule has 0 aromatic heterocycles. The Morgan fingerprint density at radius 3 is 1.64 bits per heavy atom. The van der Waals surface area contributed by atoms with E-state index in [4.69, 9.17) is 15.2 Å². The number of methoxy groups -OCH3 is 2. The predicted octanol–water partition coefficient (Wildman–Crippen LogP) is 2.81. The molecule has 2 aliphatic heterocycles. The number of halogens is 2. The van der Waals surface area contributed by atoms with Crippen molar-refractivity contribution in [2.45, 2.75) is 37.8 Å². The van der Waals surface area contributed by atoms with Crippen LogP contribution in [0.15, 0.2) is 24.3 Å². The van der Waals surface area contributed by atoms with Crippen molar-refractivity contribution < 1.29 is 32.8 Å². The Labute approximate surface area is 243 Å². The van der Waals surface area contributed by atoms with Crippen LogP contribution in [0.2, 0.25) is 0 Å². The van der Waals surface area contributed by atoms with Gasteiger partial charge in [-0.3, -0.25) is 19.7 Å². The third-order valence-electron chi connectivity index (χ3n) is 7.38. The van der Waals surface area contributed by atoms with Crippen LogP contribution in [0, 0.1) is 21.7 Å². The fraction of sp³-hybridized carbons (Fsp3) is 0.500. The molecule has 0 spiro atoms. The van der Waals surface area contributed by atoms with Gasteiger partial charge in [0.1, 0.15) is 17.4 Å². The first kappa shape index (κ1) is 32.5. The molecule has 42 heavy (non-hydrogen) atoms. The summed E-state index contributed by atoms with van der Waals surface area (Å²) in [6.45, 7) is 3.57. The zero-order valence-corrected chi connectivity index (χ0v) is 24.2. The molecule has 2 aliphatic rings. The number of amides is 2. The number of nitrogens with one attached hydrogen (secondary N) is 2. The van der Waals surface area contributed by atoms with Gasteiger partial charge >= 0.3 is 5.69 Å². The number of carbonyl (C=O) groups is 2. The molecule has 0 saturated carbocycles. The minimum Gasteiger partial charge on any atom is -0.495 e. The Bertz CT molecular complexity index is 1280. The molecule has 2 aromatic carbocycles. The first-order chi connectivity index (χ1) is 19.9. The summed E-state index contributed by atoms with van der Waals surface area (Å²) in [5.74, 6) is -2.40. The van der Waals surface area contributed by atoms with Crippen LogP contribution in [0.4, 0.5) is 20.2 Å². The number of piperidine rings is 2. The Morgan fingerprint density at radius 1 is 0.833 bits per heavy atom. The standard InChI is InChI=1S/C14H18FN3O4.C14H20FN3O2/c1-17-5-3-9(4-6-17)16-14(19)10-7-13(22-2)12(18(20)21)8-11(10)15;1-18-5-3-9(4-6-18)17-14(19)10-7-13(20-2)12(16)8-11(10)15/h7-9H,3-6H2,1-2H3,(H,16,19);7-9H,3-6,16H2,1-2H3,(H,17,19). The maximum absolute atomic E-state index is 14.0. The lowest BCUT2D eigenvalue weighted by atomic mass is 10.0. The number of hydrogen-bond acceptors (Lipinski definition) is 9. The molecule has 2 heterocycles. The Balaban J connectivity index is 0.000000231. The van der Waals surface area contributed by atoms with Gasteiger partial charge in [0.15, 0.2) is 5.75 Å². The zero-order chi connectivity index (χ0) is 31.0. The molecule has 4 N–H and O–H groups in total. The van der Waals surface area contributed by atoms with Crippen molar-refractivity contribution in [2.24, 2.45) is 0 Å². The van der Waals surface area contributed by atoms with Gasteiger partial charge in [-0.15, -0.1) is 0 Å². The van der Waals surface area contributed by atoms with Crippen molar-refractivity contribution in [3.05, 3.63) is 57.1 Å². The van der Waals surface area contributed by atoms with Crippen LogP contribution in [0.1, 0.15) is 46.4 Å². The molecule has 2 aromatic rings. The molecule has 0 bridgehead atoms. The lowest BCUT2D eigenvalue weighted by Crippen LogP contribution is -2.43. The second-order valence-electron chi connectivity index (χ2n) is 10.4. The van der Waals surface area contributed by atoms with Crippen molar-refractivity contribution in [1.82, 2.24) is 20.4 Å². The summed E-state index contributed by atoms with van der Waals surface area (Å²) in [4.78, 5) is 38.7. The van der Waals surface area contributed by atoms with Crippen LogP contribution in [0.3, 0.4) is 0 Å². The third-order valence-corrected chi connectivity index (χ3v) is 7.38. The van der Waals surface area contributed by atoms with Gasteiger partial charge in [-0.1, -0.05) is 0 Å². The van der Waals surface area contributed by atoms with Crippen LogP contribution < -0.4 is 25.8 Å². The van der Waals surface area contributed by atoms with Gasteiger partial charge in [-0.05, 0) is 72.0 Å². The van der Waals surface area contributed by atoms with E-state index < -0.39 is 34.1 Å². The summed E-state index contributed by atoms with van der Waals surface area (Å²) in [5.41, 5.74) is 4.99. The first-order valence-electron chi connectivity index (χ1n) is 13.6. The second-order valence-corrected chi connectivity index (χ2v) is 10.4. The molecule has 0 aliphatic carbocycles. The molecule has 230 valence electrons. The van der Waals surface area contributed by atoms with Crippen LogP contribution in [0.25, 0.3) is 0 Å². The number of nitro groups is 1. The molecule has 2 amide bonds. The SMILES string of the molecule is COc1cc(C(=O)NC2CCN(C)CC2)c(F)cc1N.COc1cc(C(=O)NC2CCN(C)CC2)c(F)cc1[N+](=O)[O-]. The number of rotatable bonds is 7. The number of anilines is 1. The van der Waals surface area contributed by atoms with E-state index in [0.29, 0.717) is 11.8 Å². The summed E-state index contributed by atoms with van der Waals surface area (Å²) in [7, 11) is 6.71. The number of nitrogens with zero attached hydrogens (tertiary/aromatic N) is 3. The number of nitrogens with two attached hydrogens (primary N) is 1. The summed E-state index contributed by atoms with van der Waals surface area (Å²) >= 11 is 0. The van der Waals surface area contributed by atoms with E-state index in [-0.39, 0.29) is 34.6 Å². The maximum atomic E-state index is 14.0. The van der Waals surface area contributed by atoms with Gasteiger partial charge in [0.25, 0.3) is 11.8 Å². The summed E-state index contributed by atoms with van der Waals surface area (Å²) in [5, 5.41) is 16.4. The highest BCUT2D eigenvalue weighted by molar-refractivity contribution is 5.96. The van der Waals surface area contributed by atoms with Gasteiger partial charge in [0.2, 0.25) is 0 Å². The van der Waals surface area contributed by atoms with Gasteiger partial charge in [-0.25, -0.2) is 8.78 Å². The van der Waals surface area contributed by atoms with Crippen molar-refractivity contribution >= 4 is 23.2 Å². The van der Waals surface area contributed by atoms with Crippen LogP contribution >= 0.6 is 0 Å². The number of nitrogen functional groups attached to an aromatic ring is 1. The van der Waals surface area contributed by atoms with Crippen molar-refractivity contribution in [1.29, 1.82) is 0 Å². The van der Waals surface area contributed by atoms with E-state index in [1.165, 1.54) is 20.3 Å². The monoisotopic (exact) mass is 592 g/mol. The van der Waals surface area contributed by atoms with Crippen LogP contribution in [0.5, 0.6) is 11.5 Å². The quantitative estimate of drug-likeness (QED) is 0.250. The molecule has 14 heteroatoms. The molecule has 0 radical (unpaired) electrons. The highest BCUT2D eigenvalue weighted by Crippen LogP contribution is 2.30. The number of hydrogen-bond donors (Lipinski definition) is 3. The fourth-order valence-corrected chi connectivity index (χ4v) is 4.77. The van der Waals surface area contributed by atoms with Gasteiger partial charge in [0, 0.05) is 24.2 Å². The van der Waals surface area contributed by atoms with Gasteiger partial charge in [-0.2, -0.15) is 0 Å². The molecule has 2 fully saturated rings. The number of benzene rings is 2.